The zero-order valence-electron chi connectivity index (χ0n) is 14.5. The zero-order chi connectivity index (χ0) is 19.0. The minimum Gasteiger partial charge on any atom is -0.296 e. The second kappa shape index (κ2) is 7.46. The van der Waals surface area contributed by atoms with Crippen molar-refractivity contribution in [2.24, 2.45) is 5.10 Å². The Hall–Kier alpha value is -2.15. The van der Waals surface area contributed by atoms with Gasteiger partial charge >= 0.3 is 0 Å². The van der Waals surface area contributed by atoms with E-state index in [0.717, 1.165) is 23.3 Å². The van der Waals surface area contributed by atoms with Gasteiger partial charge in [0.1, 0.15) is 4.32 Å². The first-order valence-electron chi connectivity index (χ1n) is 8.41. The van der Waals surface area contributed by atoms with E-state index in [1.54, 1.807) is 13.2 Å². The van der Waals surface area contributed by atoms with Gasteiger partial charge in [-0.3, -0.25) is 14.7 Å². The molecular weight excluding hydrogens is 398 g/mol. The number of thiocarbonyl (C=S) groups is 1. The van der Waals surface area contributed by atoms with Crippen molar-refractivity contribution in [1.29, 1.82) is 0 Å². The van der Waals surface area contributed by atoms with Crippen LogP contribution in [-0.4, -0.2) is 32.9 Å². The normalized spacial score (nSPS) is 21.3. The van der Waals surface area contributed by atoms with Crippen LogP contribution in [0.4, 0.5) is 0 Å². The molecule has 1 unspecified atom stereocenters. The molecule has 2 aliphatic rings. The van der Waals surface area contributed by atoms with Crippen LogP contribution in [0.2, 0.25) is 5.02 Å². The molecule has 1 amide bonds. The molecule has 0 aliphatic carbocycles. The highest BCUT2D eigenvalue weighted by molar-refractivity contribution is 8.26. The van der Waals surface area contributed by atoms with E-state index in [0.29, 0.717) is 14.2 Å². The fraction of sp³-hybridized carbons (Fsp3) is 0.150. The predicted molar refractivity (Wildman–Crippen MR) is 115 cm³/mol. The summed E-state index contributed by atoms with van der Waals surface area (Å²) in [5.74, 6) is -0.0942. The van der Waals surface area contributed by atoms with Gasteiger partial charge in [0.25, 0.3) is 5.91 Å². The lowest BCUT2D eigenvalue weighted by Crippen LogP contribution is -2.23. The predicted octanol–water partition coefficient (Wildman–Crippen LogP) is 4.82. The maximum absolute atomic E-state index is 12.4. The Morgan fingerprint density at radius 3 is 2.52 bits per heavy atom. The first-order valence-corrected chi connectivity index (χ1v) is 10.0. The quantitative estimate of drug-likeness (QED) is 0.533. The third-order valence-electron chi connectivity index (χ3n) is 4.54. The number of hydrazone groups is 1. The van der Waals surface area contributed by atoms with E-state index in [9.17, 15) is 4.79 Å². The number of nitrogens with zero attached hydrogens (tertiary/aromatic N) is 3. The number of thioether (sulfide) groups is 1. The van der Waals surface area contributed by atoms with Crippen LogP contribution in [0.5, 0.6) is 0 Å². The average Bonchev–Trinajstić information content (AvgIpc) is 3.20. The van der Waals surface area contributed by atoms with Gasteiger partial charge in [-0.1, -0.05) is 78.0 Å². The first-order chi connectivity index (χ1) is 13.0. The average molecular weight is 414 g/mol. The Bertz CT molecular complexity index is 957. The molecule has 0 aromatic heterocycles. The van der Waals surface area contributed by atoms with Gasteiger partial charge in [-0.25, -0.2) is 0 Å². The maximum atomic E-state index is 12.4. The molecule has 0 spiro atoms. The summed E-state index contributed by atoms with van der Waals surface area (Å²) in [4.78, 5) is 14.5. The van der Waals surface area contributed by atoms with Crippen molar-refractivity contribution >= 4 is 51.5 Å². The molecule has 2 aromatic rings. The maximum Gasteiger partial charge on any atom is 0.267 e. The van der Waals surface area contributed by atoms with Crippen LogP contribution in [0.3, 0.4) is 0 Å². The Morgan fingerprint density at radius 2 is 1.89 bits per heavy atom. The van der Waals surface area contributed by atoms with Gasteiger partial charge in [0.15, 0.2) is 0 Å². The Morgan fingerprint density at radius 1 is 1.19 bits per heavy atom. The second-order valence-corrected chi connectivity index (χ2v) is 8.40. The number of carbonyl (C=O) groups is 1. The number of likely N-dealkylation sites (N-methyl/N-ethyl adjacent to an activating group) is 1. The summed E-state index contributed by atoms with van der Waals surface area (Å²) in [5.41, 5.74) is 3.16. The third-order valence-corrected chi connectivity index (χ3v) is 6.26. The van der Waals surface area contributed by atoms with Crippen molar-refractivity contribution in [2.45, 2.75) is 12.5 Å². The van der Waals surface area contributed by atoms with Gasteiger partial charge in [0.05, 0.1) is 16.7 Å². The highest BCUT2D eigenvalue weighted by Crippen LogP contribution is 2.37. The molecule has 4 rings (SSSR count). The van der Waals surface area contributed by atoms with Gasteiger partial charge < -0.3 is 0 Å². The van der Waals surface area contributed by atoms with E-state index < -0.39 is 0 Å². The minimum absolute atomic E-state index is 0.00199. The monoisotopic (exact) mass is 413 g/mol. The van der Waals surface area contributed by atoms with Gasteiger partial charge in [-0.15, -0.1) is 0 Å². The van der Waals surface area contributed by atoms with Crippen molar-refractivity contribution in [3.05, 3.63) is 81.9 Å². The lowest BCUT2D eigenvalue weighted by molar-refractivity contribution is -0.121. The number of rotatable bonds is 3. The smallest absolute Gasteiger partial charge is 0.267 e. The molecule has 4 nitrogen and oxygen atoms in total. The van der Waals surface area contributed by atoms with Crippen molar-refractivity contribution in [3.8, 4) is 0 Å². The highest BCUT2D eigenvalue weighted by Gasteiger charge is 2.33. The molecule has 0 N–H and O–H groups in total. The summed E-state index contributed by atoms with van der Waals surface area (Å²) in [6.07, 6.45) is 2.55. The molecule has 27 heavy (non-hydrogen) atoms. The number of hydrogen-bond donors (Lipinski definition) is 0. The van der Waals surface area contributed by atoms with E-state index >= 15 is 0 Å². The molecule has 2 aromatic carbocycles. The second-order valence-electron chi connectivity index (χ2n) is 6.29. The van der Waals surface area contributed by atoms with Crippen molar-refractivity contribution in [1.82, 2.24) is 9.91 Å². The van der Waals surface area contributed by atoms with Crippen LogP contribution in [0.1, 0.15) is 23.6 Å². The van der Waals surface area contributed by atoms with Crippen LogP contribution < -0.4 is 0 Å². The summed E-state index contributed by atoms with van der Waals surface area (Å²) in [6.45, 7) is 0. The van der Waals surface area contributed by atoms with E-state index in [1.807, 2.05) is 59.6 Å². The summed E-state index contributed by atoms with van der Waals surface area (Å²) < 4.78 is 0.556. The molecule has 1 fully saturated rings. The first kappa shape index (κ1) is 18.2. The van der Waals surface area contributed by atoms with E-state index in [1.165, 1.54) is 16.7 Å². The van der Waals surface area contributed by atoms with Crippen LogP contribution >= 0.6 is 35.6 Å². The van der Waals surface area contributed by atoms with E-state index in [-0.39, 0.29) is 11.9 Å². The molecular formula is C20H16ClN3OS2. The molecule has 1 atom stereocenters. The lowest BCUT2D eigenvalue weighted by atomic mass is 9.99. The van der Waals surface area contributed by atoms with Crippen LogP contribution in [-0.2, 0) is 4.79 Å². The highest BCUT2D eigenvalue weighted by atomic mass is 35.5. The lowest BCUT2D eigenvalue weighted by Gasteiger charge is -2.20. The number of halogens is 1. The standard InChI is InChI=1S/C20H16ClN3OS2/c1-23-19(25)18(27-20(23)26)12-24-17(14-7-9-15(21)10-8-14)11-16(22-24)13-5-3-2-4-6-13/h2-10,12,17H,11H2,1H3/b18-12-. The summed E-state index contributed by atoms with van der Waals surface area (Å²) in [6, 6.07) is 17.8. The van der Waals surface area contributed by atoms with Gasteiger partial charge in [0, 0.05) is 24.7 Å². The van der Waals surface area contributed by atoms with Gasteiger partial charge in [0.2, 0.25) is 0 Å². The third kappa shape index (κ3) is 3.65. The summed E-state index contributed by atoms with van der Waals surface area (Å²) >= 11 is 12.6. The number of benzene rings is 2. The number of amides is 1. The van der Waals surface area contributed by atoms with Gasteiger partial charge in [-0.2, -0.15) is 5.10 Å². The molecule has 0 saturated carbocycles. The minimum atomic E-state index is -0.0942. The largest absolute Gasteiger partial charge is 0.296 e. The Balaban J connectivity index is 1.71. The number of carbonyl (C=O) groups excluding carboxylic acids is 1. The summed E-state index contributed by atoms with van der Waals surface area (Å²) in [7, 11) is 1.69. The summed E-state index contributed by atoms with van der Waals surface area (Å²) in [5, 5.41) is 7.36. The topological polar surface area (TPSA) is 35.9 Å². The van der Waals surface area contributed by atoms with Crippen molar-refractivity contribution in [2.75, 3.05) is 7.05 Å². The van der Waals surface area contributed by atoms with Crippen molar-refractivity contribution < 1.29 is 4.79 Å². The molecule has 0 radical (unpaired) electrons. The Kier molecular flexibility index (Phi) is 5.04. The molecule has 7 heteroatoms. The fourth-order valence-corrected chi connectivity index (χ4v) is 4.33. The van der Waals surface area contributed by atoms with Crippen LogP contribution in [0.25, 0.3) is 0 Å². The SMILES string of the molecule is CN1C(=O)/C(=C/N2N=C(c3ccccc3)CC2c2ccc(Cl)cc2)SC1=S. The molecule has 2 heterocycles. The van der Waals surface area contributed by atoms with E-state index in [2.05, 4.69) is 0 Å². The zero-order valence-corrected chi connectivity index (χ0v) is 16.9. The van der Waals surface area contributed by atoms with Crippen LogP contribution in [0, 0.1) is 0 Å². The molecule has 136 valence electrons. The molecule has 0 bridgehead atoms. The fourth-order valence-electron chi connectivity index (χ4n) is 3.06. The molecule has 2 aliphatic heterocycles. The number of hydrogen-bond acceptors (Lipinski definition) is 5. The van der Waals surface area contributed by atoms with E-state index in [4.69, 9.17) is 28.9 Å². The Labute approximate surface area is 172 Å². The van der Waals surface area contributed by atoms with Gasteiger partial charge in [-0.05, 0) is 23.3 Å². The van der Waals surface area contributed by atoms with Crippen LogP contribution in [0.15, 0.2) is 70.8 Å². The van der Waals surface area contributed by atoms with Crippen molar-refractivity contribution in [3.63, 3.8) is 0 Å². The molecule has 1 saturated heterocycles.